The molecule has 5 nitrogen and oxygen atoms in total. The van der Waals surface area contributed by atoms with E-state index in [1.165, 1.54) is 0 Å². The summed E-state index contributed by atoms with van der Waals surface area (Å²) < 4.78 is 6.67. The fourth-order valence-electron chi connectivity index (χ4n) is 1.61. The molecule has 0 aliphatic carbocycles. The number of carbonyl (C=O) groups excluding carboxylic acids is 1. The molecular formula is C12H13N3O2. The van der Waals surface area contributed by atoms with Crippen LogP contribution < -0.4 is 0 Å². The van der Waals surface area contributed by atoms with Crippen molar-refractivity contribution in [2.24, 2.45) is 7.05 Å². The van der Waals surface area contributed by atoms with E-state index in [2.05, 4.69) is 10.1 Å². The fourth-order valence-corrected chi connectivity index (χ4v) is 1.61. The maximum atomic E-state index is 11.8. The molecule has 0 saturated heterocycles. The van der Waals surface area contributed by atoms with Gasteiger partial charge in [-0.1, -0.05) is 0 Å². The van der Waals surface area contributed by atoms with Gasteiger partial charge in [0.15, 0.2) is 5.69 Å². The van der Waals surface area contributed by atoms with E-state index in [0.29, 0.717) is 12.3 Å². The quantitative estimate of drug-likeness (QED) is 0.754. The molecule has 88 valence electrons. The molecule has 0 aliphatic heterocycles. The normalized spacial score (nSPS) is 10.2. The average molecular weight is 231 g/mol. The lowest BCUT2D eigenvalue weighted by Gasteiger charge is -2.07. The van der Waals surface area contributed by atoms with Gasteiger partial charge in [-0.25, -0.2) is 9.78 Å². The molecule has 5 heteroatoms. The van der Waals surface area contributed by atoms with Gasteiger partial charge in [0.25, 0.3) is 0 Å². The number of hydrogen-bond donors (Lipinski definition) is 0. The Kier molecular flexibility index (Phi) is 3.18. The van der Waals surface area contributed by atoms with Crippen LogP contribution in [0.2, 0.25) is 0 Å². The van der Waals surface area contributed by atoms with Crippen molar-refractivity contribution in [2.45, 2.75) is 6.92 Å². The van der Waals surface area contributed by atoms with Crippen molar-refractivity contribution in [2.75, 3.05) is 6.61 Å². The number of ether oxygens (including phenoxy) is 1. The molecule has 0 spiro atoms. The summed E-state index contributed by atoms with van der Waals surface area (Å²) in [5, 5.41) is 4.08. The standard InChI is InChI=1S/C12H13N3O2/c1-3-17-12(16)11-9(5-4-7-13-11)10-6-8-14-15(10)2/h4-8H,3H2,1-2H3. The molecule has 0 unspecified atom stereocenters. The summed E-state index contributed by atoms with van der Waals surface area (Å²) in [4.78, 5) is 15.8. The van der Waals surface area contributed by atoms with Crippen LogP contribution in [0.3, 0.4) is 0 Å². The Bertz CT molecular complexity index is 534. The average Bonchev–Trinajstić information content (AvgIpc) is 2.76. The first kappa shape index (κ1) is 11.3. The van der Waals surface area contributed by atoms with Gasteiger partial charge in [-0.2, -0.15) is 5.10 Å². The van der Waals surface area contributed by atoms with Crippen molar-refractivity contribution < 1.29 is 9.53 Å². The maximum Gasteiger partial charge on any atom is 0.357 e. The van der Waals surface area contributed by atoms with Gasteiger partial charge < -0.3 is 4.74 Å². The SMILES string of the molecule is CCOC(=O)c1ncccc1-c1ccnn1C. The molecule has 2 heterocycles. The molecule has 0 bridgehead atoms. The minimum atomic E-state index is -0.413. The largest absolute Gasteiger partial charge is 0.461 e. The van der Waals surface area contributed by atoms with Crippen LogP contribution in [0.15, 0.2) is 30.6 Å². The van der Waals surface area contributed by atoms with E-state index in [4.69, 9.17) is 4.74 Å². The second-order valence-electron chi connectivity index (χ2n) is 3.46. The molecule has 17 heavy (non-hydrogen) atoms. The summed E-state index contributed by atoms with van der Waals surface area (Å²) in [5.41, 5.74) is 1.88. The molecule has 0 aliphatic rings. The zero-order valence-electron chi connectivity index (χ0n) is 9.75. The third-order valence-corrected chi connectivity index (χ3v) is 2.37. The Labute approximate surface area is 99.1 Å². The van der Waals surface area contributed by atoms with E-state index in [1.54, 1.807) is 30.1 Å². The zero-order valence-corrected chi connectivity index (χ0v) is 9.75. The van der Waals surface area contributed by atoms with Crippen molar-refractivity contribution in [3.05, 3.63) is 36.3 Å². The minimum absolute atomic E-state index is 0.318. The van der Waals surface area contributed by atoms with E-state index in [0.717, 1.165) is 11.3 Å². The number of rotatable bonds is 3. The second kappa shape index (κ2) is 4.78. The Balaban J connectivity index is 2.48. The van der Waals surface area contributed by atoms with E-state index in [1.807, 2.05) is 19.2 Å². The van der Waals surface area contributed by atoms with Crippen molar-refractivity contribution in [3.8, 4) is 11.3 Å². The lowest BCUT2D eigenvalue weighted by molar-refractivity contribution is 0.0520. The number of hydrogen-bond acceptors (Lipinski definition) is 4. The predicted molar refractivity (Wildman–Crippen MR) is 62.4 cm³/mol. The van der Waals surface area contributed by atoms with E-state index in [9.17, 15) is 4.79 Å². The minimum Gasteiger partial charge on any atom is -0.461 e. The van der Waals surface area contributed by atoms with Crippen LogP contribution in [-0.2, 0) is 11.8 Å². The summed E-state index contributed by atoms with van der Waals surface area (Å²) in [6, 6.07) is 5.45. The van der Waals surface area contributed by atoms with Gasteiger partial charge in [0.05, 0.1) is 12.3 Å². The molecule has 2 rings (SSSR count). The number of aryl methyl sites for hydroxylation is 1. The molecular weight excluding hydrogens is 218 g/mol. The van der Waals surface area contributed by atoms with Crippen LogP contribution in [0, 0.1) is 0 Å². The third kappa shape index (κ3) is 2.18. The van der Waals surface area contributed by atoms with E-state index >= 15 is 0 Å². The summed E-state index contributed by atoms with van der Waals surface area (Å²) in [7, 11) is 1.82. The highest BCUT2D eigenvalue weighted by Crippen LogP contribution is 2.21. The first-order chi connectivity index (χ1) is 8.24. The van der Waals surface area contributed by atoms with Crippen molar-refractivity contribution in [3.63, 3.8) is 0 Å². The summed E-state index contributed by atoms with van der Waals surface area (Å²) >= 11 is 0. The van der Waals surface area contributed by atoms with E-state index in [-0.39, 0.29) is 0 Å². The molecule has 2 aromatic rings. The van der Waals surface area contributed by atoms with Crippen molar-refractivity contribution >= 4 is 5.97 Å². The summed E-state index contributed by atoms with van der Waals surface area (Å²) in [6.45, 7) is 2.10. The Morgan fingerprint density at radius 2 is 2.24 bits per heavy atom. The van der Waals surface area contributed by atoms with Gasteiger partial charge in [-0.3, -0.25) is 4.68 Å². The van der Waals surface area contributed by atoms with Crippen LogP contribution in [0.4, 0.5) is 0 Å². The van der Waals surface area contributed by atoms with Crippen LogP contribution in [0.1, 0.15) is 17.4 Å². The highest BCUT2D eigenvalue weighted by Gasteiger charge is 2.16. The van der Waals surface area contributed by atoms with Crippen LogP contribution in [0.25, 0.3) is 11.3 Å². The molecule has 0 aromatic carbocycles. The lowest BCUT2D eigenvalue weighted by Crippen LogP contribution is -2.09. The molecule has 0 radical (unpaired) electrons. The van der Waals surface area contributed by atoms with Gasteiger partial charge in [-0.15, -0.1) is 0 Å². The lowest BCUT2D eigenvalue weighted by atomic mass is 10.1. The van der Waals surface area contributed by atoms with Crippen LogP contribution in [-0.4, -0.2) is 27.3 Å². The molecule has 0 atom stereocenters. The summed E-state index contributed by atoms with van der Waals surface area (Å²) in [5.74, 6) is -0.413. The predicted octanol–water partition coefficient (Wildman–Crippen LogP) is 1.66. The number of nitrogens with zero attached hydrogens (tertiary/aromatic N) is 3. The second-order valence-corrected chi connectivity index (χ2v) is 3.46. The summed E-state index contributed by atoms with van der Waals surface area (Å²) in [6.07, 6.45) is 3.25. The highest BCUT2D eigenvalue weighted by atomic mass is 16.5. The zero-order chi connectivity index (χ0) is 12.3. The van der Waals surface area contributed by atoms with Gasteiger partial charge in [-0.05, 0) is 25.1 Å². The molecule has 0 saturated carbocycles. The third-order valence-electron chi connectivity index (χ3n) is 2.37. The number of esters is 1. The monoisotopic (exact) mass is 231 g/mol. The molecule has 0 amide bonds. The molecule has 2 aromatic heterocycles. The van der Waals surface area contributed by atoms with Crippen molar-refractivity contribution in [1.29, 1.82) is 0 Å². The molecule has 0 N–H and O–H groups in total. The maximum absolute atomic E-state index is 11.8. The van der Waals surface area contributed by atoms with Gasteiger partial charge >= 0.3 is 5.97 Å². The smallest absolute Gasteiger partial charge is 0.357 e. The van der Waals surface area contributed by atoms with Gasteiger partial charge in [0.1, 0.15) is 0 Å². The number of pyridine rings is 1. The first-order valence-corrected chi connectivity index (χ1v) is 5.34. The Morgan fingerprint density at radius 1 is 1.41 bits per heavy atom. The van der Waals surface area contributed by atoms with E-state index < -0.39 is 5.97 Å². The topological polar surface area (TPSA) is 57.0 Å². The highest BCUT2D eigenvalue weighted by molar-refractivity contribution is 5.94. The van der Waals surface area contributed by atoms with Crippen LogP contribution >= 0.6 is 0 Å². The van der Waals surface area contributed by atoms with Crippen molar-refractivity contribution in [1.82, 2.24) is 14.8 Å². The molecule has 0 fully saturated rings. The van der Waals surface area contributed by atoms with Crippen LogP contribution in [0.5, 0.6) is 0 Å². The fraction of sp³-hybridized carbons (Fsp3) is 0.250. The number of aromatic nitrogens is 3. The number of carbonyl (C=O) groups is 1. The Hall–Kier alpha value is -2.17. The first-order valence-electron chi connectivity index (χ1n) is 5.34. The Morgan fingerprint density at radius 3 is 2.88 bits per heavy atom. The van der Waals surface area contributed by atoms with Gasteiger partial charge in [0.2, 0.25) is 0 Å². The van der Waals surface area contributed by atoms with Gasteiger partial charge in [0, 0.05) is 25.0 Å².